The molecule has 30 heavy (non-hydrogen) atoms. The molecule has 1 N–H and O–H groups in total. The minimum absolute atomic E-state index is 0.183. The van der Waals surface area contributed by atoms with Crippen LogP contribution in [0.15, 0.2) is 59.0 Å². The maximum Gasteiger partial charge on any atom is 0.250 e. The fraction of sp³-hybridized carbons (Fsp3) is 0.200. The minimum atomic E-state index is -0.245. The van der Waals surface area contributed by atoms with Crippen molar-refractivity contribution in [2.24, 2.45) is 12.1 Å². The number of thioether (sulfide) groups is 1. The van der Waals surface area contributed by atoms with Crippen LogP contribution in [0.2, 0.25) is 5.02 Å². The monoisotopic (exact) mass is 445 g/mol. The largest absolute Gasteiger partial charge is 0.493 e. The number of benzene rings is 2. The van der Waals surface area contributed by atoms with Crippen LogP contribution in [-0.4, -0.2) is 39.7 Å². The van der Waals surface area contributed by atoms with Crippen LogP contribution in [0, 0.1) is 0 Å². The number of carbonyl (C=O) groups excluding carboxylic acids is 1. The smallest absolute Gasteiger partial charge is 0.250 e. The first kappa shape index (κ1) is 21.7. The summed E-state index contributed by atoms with van der Waals surface area (Å²) in [5.41, 5.74) is 4.11. The van der Waals surface area contributed by atoms with Crippen molar-refractivity contribution in [2.45, 2.75) is 11.8 Å². The minimum Gasteiger partial charge on any atom is -0.493 e. The highest BCUT2D eigenvalue weighted by atomic mass is 35.5. The first-order valence-corrected chi connectivity index (χ1v) is 10.3. The molecule has 2 aromatic carbocycles. The zero-order chi connectivity index (χ0) is 21.3. The second kappa shape index (κ2) is 10.7. The highest BCUT2D eigenvalue weighted by Crippen LogP contribution is 2.29. The van der Waals surface area contributed by atoms with E-state index in [9.17, 15) is 4.79 Å². The molecule has 0 atom stereocenters. The van der Waals surface area contributed by atoms with Crippen molar-refractivity contribution in [3.05, 3.63) is 64.9 Å². The van der Waals surface area contributed by atoms with Crippen LogP contribution in [0.25, 0.3) is 0 Å². The van der Waals surface area contributed by atoms with Gasteiger partial charge in [-0.25, -0.2) is 5.43 Å². The standard InChI is InChI=1S/C20H20ClN5O3S/c1-26-13-23-25-20(26)30-12-19(27)24-22-10-14-7-8-17(18(9-14)28-2)29-11-15-5-3-4-6-16(15)21/h3-10,13H,11-12H2,1-2H3,(H,24,27)/b22-10-. The molecule has 0 aliphatic carbocycles. The predicted octanol–water partition coefficient (Wildman–Crippen LogP) is 3.30. The van der Waals surface area contributed by atoms with Gasteiger partial charge in [-0.3, -0.25) is 4.79 Å². The molecule has 3 aromatic rings. The van der Waals surface area contributed by atoms with Crippen LogP contribution < -0.4 is 14.9 Å². The molecule has 0 aliphatic heterocycles. The molecule has 0 unspecified atom stereocenters. The molecule has 1 aromatic heterocycles. The zero-order valence-electron chi connectivity index (χ0n) is 16.4. The Morgan fingerprint density at radius 2 is 2.13 bits per heavy atom. The molecule has 0 saturated carbocycles. The van der Waals surface area contributed by atoms with Gasteiger partial charge in [0.15, 0.2) is 16.7 Å². The number of hydrogen-bond acceptors (Lipinski definition) is 7. The second-order valence-electron chi connectivity index (χ2n) is 6.10. The van der Waals surface area contributed by atoms with E-state index in [0.29, 0.717) is 28.3 Å². The van der Waals surface area contributed by atoms with Crippen molar-refractivity contribution in [1.29, 1.82) is 0 Å². The lowest BCUT2D eigenvalue weighted by molar-refractivity contribution is -0.118. The third-order valence-corrected chi connectivity index (χ3v) is 5.34. The SMILES string of the molecule is COc1cc(/C=N\NC(=O)CSc2nncn2C)ccc1OCc1ccccc1Cl. The maximum absolute atomic E-state index is 11.9. The summed E-state index contributed by atoms with van der Waals surface area (Å²) >= 11 is 7.44. The van der Waals surface area contributed by atoms with Crippen LogP contribution in [0.4, 0.5) is 0 Å². The first-order valence-electron chi connectivity index (χ1n) is 8.89. The summed E-state index contributed by atoms with van der Waals surface area (Å²) in [5.74, 6) is 1.07. The fourth-order valence-corrected chi connectivity index (χ4v) is 3.27. The Labute approximate surface area is 183 Å². The van der Waals surface area contributed by atoms with Crippen molar-refractivity contribution in [1.82, 2.24) is 20.2 Å². The molecule has 8 nitrogen and oxygen atoms in total. The molecule has 0 spiro atoms. The molecular weight excluding hydrogens is 426 g/mol. The normalized spacial score (nSPS) is 10.9. The average Bonchev–Trinajstić information content (AvgIpc) is 3.17. The van der Waals surface area contributed by atoms with Crippen molar-refractivity contribution >= 4 is 35.5 Å². The number of carbonyl (C=O) groups is 1. The summed E-state index contributed by atoms with van der Waals surface area (Å²) in [5, 5.41) is 13.0. The van der Waals surface area contributed by atoms with Gasteiger partial charge in [0.25, 0.3) is 5.91 Å². The average molecular weight is 446 g/mol. The van der Waals surface area contributed by atoms with Gasteiger partial charge in [-0.15, -0.1) is 10.2 Å². The quantitative estimate of drug-likeness (QED) is 0.309. The Balaban J connectivity index is 1.54. The molecular formula is C20H20ClN5O3S. The van der Waals surface area contributed by atoms with Crippen LogP contribution in [0.1, 0.15) is 11.1 Å². The lowest BCUT2D eigenvalue weighted by Gasteiger charge is -2.12. The van der Waals surface area contributed by atoms with Gasteiger partial charge in [-0.1, -0.05) is 41.6 Å². The topological polar surface area (TPSA) is 90.6 Å². The molecule has 0 aliphatic rings. The number of hydrazone groups is 1. The number of nitrogens with zero attached hydrogens (tertiary/aromatic N) is 4. The van der Waals surface area contributed by atoms with Crippen molar-refractivity contribution in [2.75, 3.05) is 12.9 Å². The van der Waals surface area contributed by atoms with Gasteiger partial charge in [0.1, 0.15) is 12.9 Å². The summed E-state index contributed by atoms with van der Waals surface area (Å²) < 4.78 is 13.0. The van der Waals surface area contributed by atoms with E-state index in [1.807, 2.05) is 37.4 Å². The van der Waals surface area contributed by atoms with Crippen LogP contribution in [-0.2, 0) is 18.4 Å². The van der Waals surface area contributed by atoms with E-state index in [2.05, 4.69) is 20.7 Å². The second-order valence-corrected chi connectivity index (χ2v) is 7.45. The van der Waals surface area contributed by atoms with Gasteiger partial charge >= 0.3 is 0 Å². The molecule has 1 amide bonds. The number of ether oxygens (including phenoxy) is 2. The molecule has 0 fully saturated rings. The maximum atomic E-state index is 11.9. The Morgan fingerprint density at radius 3 is 2.87 bits per heavy atom. The van der Waals surface area contributed by atoms with Crippen LogP contribution in [0.3, 0.4) is 0 Å². The molecule has 3 rings (SSSR count). The summed E-state index contributed by atoms with van der Waals surface area (Å²) in [4.78, 5) is 11.9. The van der Waals surface area contributed by atoms with Gasteiger partial charge in [-0.2, -0.15) is 5.10 Å². The van der Waals surface area contributed by atoms with Crippen molar-refractivity contribution in [3.8, 4) is 11.5 Å². The highest BCUT2D eigenvalue weighted by Gasteiger charge is 2.08. The Hall–Kier alpha value is -3.04. The number of aromatic nitrogens is 3. The first-order chi connectivity index (χ1) is 14.6. The summed E-state index contributed by atoms with van der Waals surface area (Å²) in [6.45, 7) is 0.322. The van der Waals surface area contributed by atoms with Gasteiger partial charge in [0.05, 0.1) is 19.1 Å². The Kier molecular flexibility index (Phi) is 7.69. The van der Waals surface area contributed by atoms with Crippen molar-refractivity contribution in [3.63, 3.8) is 0 Å². The van der Waals surface area contributed by atoms with E-state index in [-0.39, 0.29) is 11.7 Å². The van der Waals surface area contributed by atoms with E-state index >= 15 is 0 Å². The van der Waals surface area contributed by atoms with Crippen LogP contribution in [0.5, 0.6) is 11.5 Å². The summed E-state index contributed by atoms with van der Waals surface area (Å²) in [6.07, 6.45) is 3.11. The molecule has 10 heteroatoms. The van der Waals surface area contributed by atoms with Gasteiger partial charge in [0.2, 0.25) is 0 Å². The van der Waals surface area contributed by atoms with E-state index < -0.39 is 0 Å². The molecule has 156 valence electrons. The zero-order valence-corrected chi connectivity index (χ0v) is 18.0. The number of halogens is 1. The number of amides is 1. The van der Waals surface area contributed by atoms with Gasteiger partial charge in [-0.05, 0) is 29.8 Å². The number of methoxy groups -OCH3 is 1. The Bertz CT molecular complexity index is 1040. The lowest BCUT2D eigenvalue weighted by Crippen LogP contribution is -2.19. The third kappa shape index (κ3) is 5.98. The fourth-order valence-electron chi connectivity index (χ4n) is 2.40. The highest BCUT2D eigenvalue weighted by molar-refractivity contribution is 7.99. The van der Waals surface area contributed by atoms with Gasteiger partial charge in [0, 0.05) is 17.6 Å². The lowest BCUT2D eigenvalue weighted by atomic mass is 10.2. The molecule has 1 heterocycles. The number of aryl methyl sites for hydroxylation is 1. The van der Waals surface area contributed by atoms with E-state index in [0.717, 1.165) is 11.1 Å². The summed E-state index contributed by atoms with van der Waals surface area (Å²) in [7, 11) is 3.37. The molecule has 0 radical (unpaired) electrons. The van der Waals surface area contributed by atoms with Crippen molar-refractivity contribution < 1.29 is 14.3 Å². The van der Waals surface area contributed by atoms with E-state index in [4.69, 9.17) is 21.1 Å². The van der Waals surface area contributed by atoms with Crippen LogP contribution >= 0.6 is 23.4 Å². The number of hydrogen-bond donors (Lipinski definition) is 1. The van der Waals surface area contributed by atoms with E-state index in [1.165, 1.54) is 18.0 Å². The van der Waals surface area contributed by atoms with E-state index in [1.54, 1.807) is 30.1 Å². The molecule has 0 bridgehead atoms. The predicted molar refractivity (Wildman–Crippen MR) is 116 cm³/mol. The van der Waals surface area contributed by atoms with Gasteiger partial charge < -0.3 is 14.0 Å². The number of nitrogens with one attached hydrogen (secondary N) is 1. The molecule has 0 saturated heterocycles. The number of rotatable bonds is 9. The summed E-state index contributed by atoms with van der Waals surface area (Å²) in [6, 6.07) is 12.9. The Morgan fingerprint density at radius 1 is 1.30 bits per heavy atom. The third-order valence-electron chi connectivity index (χ3n) is 3.93.